The summed E-state index contributed by atoms with van der Waals surface area (Å²) in [6.45, 7) is 6.40. The fourth-order valence-corrected chi connectivity index (χ4v) is 8.03. The lowest BCUT2D eigenvalue weighted by Gasteiger charge is -2.18. The highest BCUT2D eigenvalue weighted by Gasteiger charge is 2.19. The van der Waals surface area contributed by atoms with Crippen molar-refractivity contribution in [3.63, 3.8) is 0 Å². The zero-order chi connectivity index (χ0) is 56.4. The summed E-state index contributed by atoms with van der Waals surface area (Å²) in [6, 6.07) is 0. The molecule has 0 radical (unpaired) electrons. The number of carbonyl (C=O) groups excluding carboxylic acids is 3. The Balaban J connectivity index is 4.47. The van der Waals surface area contributed by atoms with Crippen molar-refractivity contribution in [2.75, 3.05) is 13.2 Å². The van der Waals surface area contributed by atoms with Crippen LogP contribution in [0.1, 0.15) is 258 Å². The molecular weight excluding hydrogens is 961 g/mol. The van der Waals surface area contributed by atoms with Crippen LogP contribution in [-0.4, -0.2) is 37.2 Å². The van der Waals surface area contributed by atoms with E-state index < -0.39 is 6.10 Å². The van der Waals surface area contributed by atoms with Crippen molar-refractivity contribution in [1.29, 1.82) is 0 Å². The molecule has 0 spiro atoms. The van der Waals surface area contributed by atoms with E-state index in [-0.39, 0.29) is 37.5 Å². The second-order valence-corrected chi connectivity index (χ2v) is 20.2. The van der Waals surface area contributed by atoms with Gasteiger partial charge in [-0.25, -0.2) is 0 Å². The summed E-state index contributed by atoms with van der Waals surface area (Å²) in [5.41, 5.74) is 0. The van der Waals surface area contributed by atoms with E-state index >= 15 is 0 Å². The third-order valence-corrected chi connectivity index (χ3v) is 12.7. The molecule has 78 heavy (non-hydrogen) atoms. The highest BCUT2D eigenvalue weighted by atomic mass is 16.6. The lowest BCUT2D eigenvalue weighted by molar-refractivity contribution is -0.167. The van der Waals surface area contributed by atoms with Crippen molar-refractivity contribution < 1.29 is 28.6 Å². The molecular formula is C72H114O6. The van der Waals surface area contributed by atoms with Gasteiger partial charge >= 0.3 is 17.9 Å². The van der Waals surface area contributed by atoms with Crippen LogP contribution in [0.2, 0.25) is 0 Å². The number of ether oxygens (including phenoxy) is 3. The lowest BCUT2D eigenvalue weighted by Crippen LogP contribution is -2.30. The standard InChI is InChI=1S/C72H114O6/c1-4-7-10-13-16-19-22-25-27-29-31-32-33-34-35-36-37-38-39-40-42-43-45-47-50-53-56-59-62-65-71(74)77-68-69(67-76-70(73)64-61-58-55-52-49-24-21-18-15-12-9-6-3)78-72(75)66-63-60-57-54-51-48-46-44-41-30-28-26-23-20-17-14-11-8-5-2/h7,10,16-21,25-28,31-32,34-35,37-38,40-42,44-45,47,53,56,69H,4-6,8-9,11-15,22-24,29-30,33,36,39,43,46,48-52,54-55,57-68H2,1-3H3/b10-7-,19-16-,20-17-,21-18-,27-25-,28-26-,32-31-,35-34-,38-37-,42-40-,44-41-,47-45-,56-53-. The smallest absolute Gasteiger partial charge is 0.306 e. The highest BCUT2D eigenvalue weighted by molar-refractivity contribution is 5.71. The molecule has 0 saturated heterocycles. The molecule has 0 aliphatic rings. The molecule has 0 fully saturated rings. The SMILES string of the molecule is CC/C=C\C/C=C\C/C=C\C/C=C\C/C=C\C/C=C\C/C=C\C/C=C\C/C=C\CCCC(=O)OCC(COC(=O)CCCCCCC/C=C\CCCCC)OC(=O)CCCCCCCC/C=C\C/C=C\C/C=C\CCCCC. The highest BCUT2D eigenvalue weighted by Crippen LogP contribution is 2.13. The molecule has 0 aliphatic heterocycles. The van der Waals surface area contributed by atoms with E-state index in [4.69, 9.17) is 14.2 Å². The Morgan fingerprint density at radius 1 is 0.269 bits per heavy atom. The Labute approximate surface area is 480 Å². The largest absolute Gasteiger partial charge is 0.462 e. The average Bonchev–Trinajstić information content (AvgIpc) is 3.44. The number of esters is 3. The van der Waals surface area contributed by atoms with Crippen LogP contribution in [0, 0.1) is 0 Å². The summed E-state index contributed by atoms with van der Waals surface area (Å²) in [6.07, 6.45) is 93.9. The maximum Gasteiger partial charge on any atom is 0.306 e. The number of hydrogen-bond acceptors (Lipinski definition) is 6. The quantitative estimate of drug-likeness (QED) is 0.0261. The van der Waals surface area contributed by atoms with Gasteiger partial charge < -0.3 is 14.2 Å². The van der Waals surface area contributed by atoms with Gasteiger partial charge in [0.2, 0.25) is 0 Å². The van der Waals surface area contributed by atoms with Crippen molar-refractivity contribution in [1.82, 2.24) is 0 Å². The number of unbranched alkanes of at least 4 members (excludes halogenated alkanes) is 18. The zero-order valence-corrected chi connectivity index (χ0v) is 50.1. The number of rotatable bonds is 55. The van der Waals surface area contributed by atoms with E-state index in [0.717, 1.165) is 141 Å². The predicted octanol–water partition coefficient (Wildman–Crippen LogP) is 21.7. The molecule has 0 bridgehead atoms. The molecule has 1 atom stereocenters. The van der Waals surface area contributed by atoms with Gasteiger partial charge in [-0.3, -0.25) is 14.4 Å². The van der Waals surface area contributed by atoms with Crippen LogP contribution in [0.5, 0.6) is 0 Å². The molecule has 0 aromatic rings. The second kappa shape index (κ2) is 64.6. The first-order chi connectivity index (χ1) is 38.5. The molecule has 6 nitrogen and oxygen atoms in total. The lowest BCUT2D eigenvalue weighted by atomic mass is 10.1. The van der Waals surface area contributed by atoms with Gasteiger partial charge in [-0.1, -0.05) is 249 Å². The minimum Gasteiger partial charge on any atom is -0.462 e. The van der Waals surface area contributed by atoms with Crippen molar-refractivity contribution in [2.45, 2.75) is 264 Å². The Hall–Kier alpha value is -4.97. The molecule has 1 unspecified atom stereocenters. The van der Waals surface area contributed by atoms with Crippen molar-refractivity contribution in [2.24, 2.45) is 0 Å². The summed E-state index contributed by atoms with van der Waals surface area (Å²) < 4.78 is 16.8. The third-order valence-electron chi connectivity index (χ3n) is 12.7. The third kappa shape index (κ3) is 61.9. The van der Waals surface area contributed by atoms with Gasteiger partial charge in [0, 0.05) is 19.3 Å². The second-order valence-electron chi connectivity index (χ2n) is 20.2. The first-order valence-corrected chi connectivity index (χ1v) is 31.5. The van der Waals surface area contributed by atoms with E-state index in [9.17, 15) is 14.4 Å². The monoisotopic (exact) mass is 1070 g/mol. The maximum absolute atomic E-state index is 12.9. The molecule has 0 aromatic heterocycles. The van der Waals surface area contributed by atoms with Gasteiger partial charge in [0.05, 0.1) is 0 Å². The van der Waals surface area contributed by atoms with Crippen molar-refractivity contribution in [3.8, 4) is 0 Å². The molecule has 0 heterocycles. The Bertz CT molecular complexity index is 1760. The number of allylic oxidation sites excluding steroid dienone is 26. The number of hydrogen-bond donors (Lipinski definition) is 0. The summed E-state index contributed by atoms with van der Waals surface area (Å²) in [5, 5.41) is 0. The van der Waals surface area contributed by atoms with Crippen LogP contribution in [-0.2, 0) is 28.6 Å². The van der Waals surface area contributed by atoms with Crippen LogP contribution >= 0.6 is 0 Å². The van der Waals surface area contributed by atoms with Crippen LogP contribution in [0.3, 0.4) is 0 Å². The molecule has 0 rings (SSSR count). The van der Waals surface area contributed by atoms with Gasteiger partial charge in [0.15, 0.2) is 6.10 Å². The fourth-order valence-electron chi connectivity index (χ4n) is 8.03. The topological polar surface area (TPSA) is 78.9 Å². The van der Waals surface area contributed by atoms with E-state index in [1.807, 2.05) is 0 Å². The van der Waals surface area contributed by atoms with Crippen LogP contribution in [0.25, 0.3) is 0 Å². The molecule has 0 aliphatic carbocycles. The van der Waals surface area contributed by atoms with E-state index in [1.165, 1.54) is 70.6 Å². The van der Waals surface area contributed by atoms with Crippen LogP contribution in [0.15, 0.2) is 158 Å². The molecule has 6 heteroatoms. The minimum absolute atomic E-state index is 0.112. The first kappa shape index (κ1) is 73.0. The van der Waals surface area contributed by atoms with Gasteiger partial charge in [-0.2, -0.15) is 0 Å². The maximum atomic E-state index is 12.9. The number of carbonyl (C=O) groups is 3. The normalized spacial score (nSPS) is 13.2. The molecule has 0 aromatic carbocycles. The van der Waals surface area contributed by atoms with Crippen LogP contribution < -0.4 is 0 Å². The molecule has 0 N–H and O–H groups in total. The zero-order valence-electron chi connectivity index (χ0n) is 50.1. The summed E-state index contributed by atoms with van der Waals surface area (Å²) >= 11 is 0. The summed E-state index contributed by atoms with van der Waals surface area (Å²) in [4.78, 5) is 38.2. The minimum atomic E-state index is -0.820. The summed E-state index contributed by atoms with van der Waals surface area (Å²) in [7, 11) is 0. The van der Waals surface area contributed by atoms with Crippen LogP contribution in [0.4, 0.5) is 0 Å². The summed E-state index contributed by atoms with van der Waals surface area (Å²) in [5.74, 6) is -1.00. The van der Waals surface area contributed by atoms with Gasteiger partial charge in [0.25, 0.3) is 0 Å². The van der Waals surface area contributed by atoms with E-state index in [2.05, 4.69) is 179 Å². The van der Waals surface area contributed by atoms with Gasteiger partial charge in [-0.05, 0) is 148 Å². The Morgan fingerprint density at radius 2 is 0.513 bits per heavy atom. The van der Waals surface area contributed by atoms with Crippen molar-refractivity contribution >= 4 is 17.9 Å². The van der Waals surface area contributed by atoms with Gasteiger partial charge in [-0.15, -0.1) is 0 Å². The van der Waals surface area contributed by atoms with E-state index in [0.29, 0.717) is 19.3 Å². The van der Waals surface area contributed by atoms with Gasteiger partial charge in [0.1, 0.15) is 13.2 Å². The molecule has 0 saturated carbocycles. The fraction of sp³-hybridized carbons (Fsp3) is 0.597. The molecule has 438 valence electrons. The molecule has 0 amide bonds. The van der Waals surface area contributed by atoms with Crippen molar-refractivity contribution in [3.05, 3.63) is 158 Å². The first-order valence-electron chi connectivity index (χ1n) is 31.5. The van der Waals surface area contributed by atoms with E-state index in [1.54, 1.807) is 0 Å². The average molecular weight is 1080 g/mol. The predicted molar refractivity (Wildman–Crippen MR) is 338 cm³/mol. The Morgan fingerprint density at radius 3 is 0.846 bits per heavy atom. The Kier molecular flexibility index (Phi) is 60.4.